The molecular weight excluding hydrogens is 258 g/mol. The van der Waals surface area contributed by atoms with Gasteiger partial charge in [0.05, 0.1) is 12.7 Å². The van der Waals surface area contributed by atoms with E-state index in [1.165, 1.54) is 43.2 Å². The molecule has 1 saturated heterocycles. The van der Waals surface area contributed by atoms with Crippen LogP contribution in [0.3, 0.4) is 0 Å². The molecule has 1 aliphatic heterocycles. The second-order valence-corrected chi connectivity index (χ2v) is 7.36. The van der Waals surface area contributed by atoms with Gasteiger partial charge in [0.25, 0.3) is 0 Å². The average molecular weight is 287 g/mol. The standard InChI is InChI=1S/C19H29NO/c1-15(2)12-16-6-8-17(9-7-16)18-13-20-19(14-21-18)10-4-3-5-11-19/h6-9,15,18,20H,3-5,10-14H2,1-2H3. The third-order valence-corrected chi connectivity index (χ3v) is 5.03. The maximum Gasteiger partial charge on any atom is 0.0950 e. The van der Waals surface area contributed by atoms with Crippen molar-refractivity contribution in [1.29, 1.82) is 0 Å². The Kier molecular flexibility index (Phi) is 4.66. The molecule has 0 aromatic heterocycles. The predicted octanol–water partition coefficient (Wildman–Crippen LogP) is 4.25. The molecule has 0 bridgehead atoms. The summed E-state index contributed by atoms with van der Waals surface area (Å²) in [5.41, 5.74) is 3.04. The fourth-order valence-corrected chi connectivity index (χ4v) is 3.78. The lowest BCUT2D eigenvalue weighted by atomic mass is 9.81. The Hall–Kier alpha value is -0.860. The first-order chi connectivity index (χ1) is 10.2. The smallest absolute Gasteiger partial charge is 0.0950 e. The maximum absolute atomic E-state index is 6.22. The van der Waals surface area contributed by atoms with Crippen LogP contribution in [-0.2, 0) is 11.2 Å². The SMILES string of the molecule is CC(C)Cc1ccc(C2CNC3(CCCCC3)CO2)cc1. The molecule has 1 saturated carbocycles. The maximum atomic E-state index is 6.22. The van der Waals surface area contributed by atoms with Crippen molar-refractivity contribution in [2.75, 3.05) is 13.2 Å². The topological polar surface area (TPSA) is 21.3 Å². The Bertz CT molecular complexity index is 435. The lowest BCUT2D eigenvalue weighted by molar-refractivity contribution is -0.0466. The summed E-state index contributed by atoms with van der Waals surface area (Å²) in [4.78, 5) is 0. The molecule has 3 rings (SSSR count). The van der Waals surface area contributed by atoms with Gasteiger partial charge in [-0.1, -0.05) is 57.4 Å². The summed E-state index contributed by atoms with van der Waals surface area (Å²) in [7, 11) is 0. The Labute approximate surface area is 129 Å². The average Bonchev–Trinajstić information content (AvgIpc) is 2.49. The molecular formula is C19H29NO. The van der Waals surface area contributed by atoms with E-state index in [9.17, 15) is 0 Å². The third kappa shape index (κ3) is 3.67. The Morgan fingerprint density at radius 3 is 2.43 bits per heavy atom. The zero-order valence-electron chi connectivity index (χ0n) is 13.5. The molecule has 2 nitrogen and oxygen atoms in total. The number of hydrogen-bond donors (Lipinski definition) is 1. The van der Waals surface area contributed by atoms with Crippen LogP contribution in [0.5, 0.6) is 0 Å². The summed E-state index contributed by atoms with van der Waals surface area (Å²) >= 11 is 0. The van der Waals surface area contributed by atoms with Crippen LogP contribution in [0.4, 0.5) is 0 Å². The quantitative estimate of drug-likeness (QED) is 0.897. The first-order valence-electron chi connectivity index (χ1n) is 8.62. The summed E-state index contributed by atoms with van der Waals surface area (Å²) in [5, 5.41) is 3.80. The zero-order chi connectivity index (χ0) is 14.7. The predicted molar refractivity (Wildman–Crippen MR) is 87.5 cm³/mol. The molecule has 2 aliphatic rings. The van der Waals surface area contributed by atoms with Crippen molar-refractivity contribution in [3.05, 3.63) is 35.4 Å². The molecule has 1 aromatic carbocycles. The van der Waals surface area contributed by atoms with Crippen LogP contribution < -0.4 is 5.32 Å². The highest BCUT2D eigenvalue weighted by molar-refractivity contribution is 5.25. The van der Waals surface area contributed by atoms with Crippen LogP contribution in [0.2, 0.25) is 0 Å². The fourth-order valence-electron chi connectivity index (χ4n) is 3.78. The number of benzene rings is 1. The van der Waals surface area contributed by atoms with Gasteiger partial charge in [-0.15, -0.1) is 0 Å². The van der Waals surface area contributed by atoms with Crippen molar-refractivity contribution in [2.45, 2.75) is 64.0 Å². The molecule has 1 atom stereocenters. The highest BCUT2D eigenvalue weighted by Gasteiger charge is 2.36. The van der Waals surface area contributed by atoms with Crippen molar-refractivity contribution >= 4 is 0 Å². The summed E-state index contributed by atoms with van der Waals surface area (Å²) in [6.07, 6.45) is 8.05. The summed E-state index contributed by atoms with van der Waals surface area (Å²) in [6.45, 7) is 6.38. The molecule has 0 amide bonds. The number of morpholine rings is 1. The number of ether oxygens (including phenoxy) is 1. The third-order valence-electron chi connectivity index (χ3n) is 5.03. The molecule has 1 aliphatic carbocycles. The minimum Gasteiger partial charge on any atom is -0.370 e. The summed E-state index contributed by atoms with van der Waals surface area (Å²) < 4.78 is 6.22. The minimum atomic E-state index is 0.227. The first-order valence-corrected chi connectivity index (χ1v) is 8.62. The van der Waals surface area contributed by atoms with Gasteiger partial charge in [0.2, 0.25) is 0 Å². The van der Waals surface area contributed by atoms with E-state index in [0.717, 1.165) is 25.5 Å². The van der Waals surface area contributed by atoms with Crippen molar-refractivity contribution in [3.8, 4) is 0 Å². The molecule has 116 valence electrons. The van der Waals surface area contributed by atoms with Crippen LogP contribution in [0, 0.1) is 5.92 Å². The first kappa shape index (κ1) is 15.1. The fraction of sp³-hybridized carbons (Fsp3) is 0.684. The summed E-state index contributed by atoms with van der Waals surface area (Å²) in [6, 6.07) is 9.04. The molecule has 1 heterocycles. The van der Waals surface area contributed by atoms with Crippen molar-refractivity contribution < 1.29 is 4.74 Å². The van der Waals surface area contributed by atoms with E-state index >= 15 is 0 Å². The number of rotatable bonds is 3. The lowest BCUT2D eigenvalue weighted by Gasteiger charge is -2.43. The van der Waals surface area contributed by atoms with Crippen molar-refractivity contribution in [1.82, 2.24) is 5.32 Å². The minimum absolute atomic E-state index is 0.227. The molecule has 0 radical (unpaired) electrons. The number of nitrogens with one attached hydrogen (secondary N) is 1. The van der Waals surface area contributed by atoms with Crippen LogP contribution in [0.15, 0.2) is 24.3 Å². The second-order valence-electron chi connectivity index (χ2n) is 7.36. The normalized spacial score (nSPS) is 25.4. The van der Waals surface area contributed by atoms with Crippen LogP contribution in [-0.4, -0.2) is 18.7 Å². The monoisotopic (exact) mass is 287 g/mol. The molecule has 1 unspecified atom stereocenters. The molecule has 1 aromatic rings. The van der Waals surface area contributed by atoms with Gasteiger partial charge < -0.3 is 10.1 Å². The van der Waals surface area contributed by atoms with E-state index in [-0.39, 0.29) is 11.6 Å². The largest absolute Gasteiger partial charge is 0.370 e. The molecule has 21 heavy (non-hydrogen) atoms. The second kappa shape index (κ2) is 6.50. The van der Waals surface area contributed by atoms with Gasteiger partial charge in [-0.05, 0) is 36.3 Å². The van der Waals surface area contributed by atoms with E-state index < -0.39 is 0 Å². The molecule has 2 heteroatoms. The van der Waals surface area contributed by atoms with Crippen LogP contribution in [0.25, 0.3) is 0 Å². The highest BCUT2D eigenvalue weighted by Crippen LogP contribution is 2.33. The zero-order valence-corrected chi connectivity index (χ0v) is 13.5. The van der Waals surface area contributed by atoms with Crippen molar-refractivity contribution in [3.63, 3.8) is 0 Å². The van der Waals surface area contributed by atoms with E-state index in [1.807, 2.05) is 0 Å². The van der Waals surface area contributed by atoms with Gasteiger partial charge in [0.15, 0.2) is 0 Å². The van der Waals surface area contributed by atoms with E-state index in [2.05, 4.69) is 43.4 Å². The van der Waals surface area contributed by atoms with E-state index in [1.54, 1.807) is 0 Å². The van der Waals surface area contributed by atoms with Gasteiger partial charge in [0.1, 0.15) is 0 Å². The van der Waals surface area contributed by atoms with Gasteiger partial charge in [-0.25, -0.2) is 0 Å². The lowest BCUT2D eigenvalue weighted by Crippen LogP contribution is -2.55. The Morgan fingerprint density at radius 1 is 1.14 bits per heavy atom. The molecule has 2 fully saturated rings. The van der Waals surface area contributed by atoms with Gasteiger partial charge >= 0.3 is 0 Å². The van der Waals surface area contributed by atoms with Gasteiger partial charge in [-0.3, -0.25) is 0 Å². The number of hydrogen-bond acceptors (Lipinski definition) is 2. The molecule has 1 spiro atoms. The molecule has 1 N–H and O–H groups in total. The Morgan fingerprint density at radius 2 is 1.86 bits per heavy atom. The van der Waals surface area contributed by atoms with Gasteiger partial charge in [0, 0.05) is 12.1 Å². The van der Waals surface area contributed by atoms with E-state index in [4.69, 9.17) is 4.74 Å². The highest BCUT2D eigenvalue weighted by atomic mass is 16.5. The van der Waals surface area contributed by atoms with Crippen molar-refractivity contribution in [2.24, 2.45) is 5.92 Å². The van der Waals surface area contributed by atoms with Crippen LogP contribution >= 0.6 is 0 Å². The van der Waals surface area contributed by atoms with Crippen LogP contribution in [0.1, 0.15) is 63.2 Å². The Balaban J connectivity index is 1.58. The van der Waals surface area contributed by atoms with Gasteiger partial charge in [-0.2, -0.15) is 0 Å². The summed E-state index contributed by atoms with van der Waals surface area (Å²) in [5.74, 6) is 0.717. The van der Waals surface area contributed by atoms with E-state index in [0.29, 0.717) is 0 Å².